The molecule has 0 aromatic heterocycles. The molecule has 0 amide bonds. The molecule has 11 heavy (non-hydrogen) atoms. The van der Waals surface area contributed by atoms with E-state index in [1.54, 1.807) is 0 Å². The van der Waals surface area contributed by atoms with E-state index in [0.29, 0.717) is 6.79 Å². The molecule has 0 fully saturated rings. The Morgan fingerprint density at radius 2 is 1.73 bits per heavy atom. The second-order valence-electron chi connectivity index (χ2n) is 3.53. The van der Waals surface area contributed by atoms with Crippen molar-refractivity contribution >= 4 is 0 Å². The van der Waals surface area contributed by atoms with Crippen molar-refractivity contribution in [2.24, 2.45) is 0 Å². The van der Waals surface area contributed by atoms with Crippen molar-refractivity contribution in [2.75, 3.05) is 47.7 Å². The molecular formula is C8H20NO2+. The van der Waals surface area contributed by atoms with Gasteiger partial charge in [0.15, 0.2) is 0 Å². The third-order valence-corrected chi connectivity index (χ3v) is 1.28. The van der Waals surface area contributed by atoms with E-state index in [1.165, 1.54) is 0 Å². The SMILES string of the molecule is CCOCOCC[N+](C)(C)C. The van der Waals surface area contributed by atoms with Gasteiger partial charge >= 0.3 is 0 Å². The number of quaternary nitrogens is 1. The summed E-state index contributed by atoms with van der Waals surface area (Å²) in [6.45, 7) is 4.90. The molecule has 0 bridgehead atoms. The lowest BCUT2D eigenvalue weighted by Gasteiger charge is -2.23. The Bertz CT molecular complexity index is 88.6. The lowest BCUT2D eigenvalue weighted by Crippen LogP contribution is -2.37. The first kappa shape index (κ1) is 10.9. The summed E-state index contributed by atoms with van der Waals surface area (Å²) in [5.41, 5.74) is 0. The van der Waals surface area contributed by atoms with Crippen LogP contribution >= 0.6 is 0 Å². The molecule has 0 rings (SSSR count). The second kappa shape index (κ2) is 5.52. The minimum Gasteiger partial charge on any atom is -0.356 e. The first-order chi connectivity index (χ1) is 5.06. The van der Waals surface area contributed by atoms with E-state index in [0.717, 1.165) is 24.2 Å². The van der Waals surface area contributed by atoms with Gasteiger partial charge in [-0.1, -0.05) is 0 Å². The van der Waals surface area contributed by atoms with Gasteiger partial charge in [0.05, 0.1) is 27.7 Å². The summed E-state index contributed by atoms with van der Waals surface area (Å²) < 4.78 is 11.2. The summed E-state index contributed by atoms with van der Waals surface area (Å²) >= 11 is 0. The predicted molar refractivity (Wildman–Crippen MR) is 45.3 cm³/mol. The van der Waals surface area contributed by atoms with Gasteiger partial charge in [-0.25, -0.2) is 0 Å². The molecule has 0 aliphatic rings. The van der Waals surface area contributed by atoms with Crippen LogP contribution in [0.5, 0.6) is 0 Å². The number of ether oxygens (including phenoxy) is 2. The predicted octanol–water partition coefficient (Wildman–Crippen LogP) is 0.703. The van der Waals surface area contributed by atoms with Gasteiger partial charge in [-0.05, 0) is 6.92 Å². The average Bonchev–Trinajstić information content (AvgIpc) is 1.85. The summed E-state index contributed by atoms with van der Waals surface area (Å²) in [7, 11) is 6.43. The quantitative estimate of drug-likeness (QED) is 0.325. The third-order valence-electron chi connectivity index (χ3n) is 1.28. The van der Waals surface area contributed by atoms with E-state index in [1.807, 2.05) is 6.92 Å². The highest BCUT2D eigenvalue weighted by atomic mass is 16.7. The summed E-state index contributed by atoms with van der Waals surface area (Å²) in [6, 6.07) is 0. The number of nitrogens with zero attached hydrogens (tertiary/aromatic N) is 1. The van der Waals surface area contributed by atoms with Crippen molar-refractivity contribution < 1.29 is 14.0 Å². The summed E-state index contributed by atoms with van der Waals surface area (Å²) in [5, 5.41) is 0. The Morgan fingerprint density at radius 3 is 2.18 bits per heavy atom. The zero-order valence-corrected chi connectivity index (χ0v) is 8.09. The number of likely N-dealkylation sites (N-methyl/N-ethyl adjacent to an activating group) is 1. The standard InChI is InChI=1S/C8H20NO2/c1-5-10-8-11-7-6-9(2,3)4/h5-8H2,1-4H3/q+1. The largest absolute Gasteiger partial charge is 0.356 e. The Balaban J connectivity index is 3.02. The molecule has 0 radical (unpaired) electrons. The highest BCUT2D eigenvalue weighted by Gasteiger charge is 2.04. The van der Waals surface area contributed by atoms with E-state index in [-0.39, 0.29) is 0 Å². The number of hydrogen-bond acceptors (Lipinski definition) is 2. The molecule has 0 heterocycles. The van der Waals surface area contributed by atoms with E-state index in [2.05, 4.69) is 21.1 Å². The zero-order chi connectivity index (χ0) is 8.74. The lowest BCUT2D eigenvalue weighted by atomic mass is 10.5. The normalized spacial score (nSPS) is 12.0. The number of rotatable bonds is 6. The monoisotopic (exact) mass is 162 g/mol. The van der Waals surface area contributed by atoms with Crippen LogP contribution in [0.1, 0.15) is 6.92 Å². The van der Waals surface area contributed by atoms with Crippen LogP contribution in [0.25, 0.3) is 0 Å². The minimum atomic E-state index is 0.427. The van der Waals surface area contributed by atoms with Crippen LogP contribution in [-0.2, 0) is 9.47 Å². The Hall–Kier alpha value is -0.120. The fraction of sp³-hybridized carbons (Fsp3) is 1.00. The van der Waals surface area contributed by atoms with Gasteiger partial charge in [-0.3, -0.25) is 0 Å². The van der Waals surface area contributed by atoms with Crippen molar-refractivity contribution in [3.8, 4) is 0 Å². The van der Waals surface area contributed by atoms with Crippen molar-refractivity contribution in [1.29, 1.82) is 0 Å². The highest BCUT2D eigenvalue weighted by molar-refractivity contribution is 4.25. The van der Waals surface area contributed by atoms with Crippen molar-refractivity contribution in [3.05, 3.63) is 0 Å². The van der Waals surface area contributed by atoms with Crippen molar-refractivity contribution in [2.45, 2.75) is 6.92 Å². The molecule has 0 saturated carbocycles. The van der Waals surface area contributed by atoms with E-state index >= 15 is 0 Å². The molecule has 3 heteroatoms. The van der Waals surface area contributed by atoms with Crippen LogP contribution in [0.2, 0.25) is 0 Å². The maximum Gasteiger partial charge on any atom is 0.146 e. The Labute approximate surface area is 69.5 Å². The molecule has 0 N–H and O–H groups in total. The summed E-state index contributed by atoms with van der Waals surface area (Å²) in [6.07, 6.45) is 0. The molecule has 0 aromatic rings. The number of hydrogen-bond donors (Lipinski definition) is 0. The fourth-order valence-electron chi connectivity index (χ4n) is 0.540. The van der Waals surface area contributed by atoms with E-state index in [4.69, 9.17) is 9.47 Å². The third kappa shape index (κ3) is 9.88. The molecule has 0 spiro atoms. The maximum absolute atomic E-state index is 5.21. The summed E-state index contributed by atoms with van der Waals surface area (Å²) in [4.78, 5) is 0. The van der Waals surface area contributed by atoms with Gasteiger partial charge in [0, 0.05) is 6.61 Å². The first-order valence-electron chi connectivity index (χ1n) is 4.02. The molecule has 0 aromatic carbocycles. The lowest BCUT2D eigenvalue weighted by molar-refractivity contribution is -0.870. The van der Waals surface area contributed by atoms with Crippen LogP contribution < -0.4 is 0 Å². The smallest absolute Gasteiger partial charge is 0.146 e. The molecule has 0 aliphatic carbocycles. The van der Waals surface area contributed by atoms with Gasteiger partial charge in [-0.15, -0.1) is 0 Å². The molecule has 0 unspecified atom stereocenters. The molecule has 68 valence electrons. The van der Waals surface area contributed by atoms with E-state index in [9.17, 15) is 0 Å². The van der Waals surface area contributed by atoms with Crippen molar-refractivity contribution in [1.82, 2.24) is 0 Å². The van der Waals surface area contributed by atoms with Crippen LogP contribution in [0.4, 0.5) is 0 Å². The van der Waals surface area contributed by atoms with Crippen LogP contribution in [0, 0.1) is 0 Å². The maximum atomic E-state index is 5.21. The van der Waals surface area contributed by atoms with Crippen molar-refractivity contribution in [3.63, 3.8) is 0 Å². The first-order valence-corrected chi connectivity index (χ1v) is 4.02. The van der Waals surface area contributed by atoms with Crippen LogP contribution in [-0.4, -0.2) is 52.2 Å². The molecular weight excluding hydrogens is 142 g/mol. The summed E-state index contributed by atoms with van der Waals surface area (Å²) in [5.74, 6) is 0. The van der Waals surface area contributed by atoms with Gasteiger partial charge in [-0.2, -0.15) is 0 Å². The molecule has 0 saturated heterocycles. The Morgan fingerprint density at radius 1 is 1.09 bits per heavy atom. The topological polar surface area (TPSA) is 18.5 Å². The Kier molecular flexibility index (Phi) is 5.46. The van der Waals surface area contributed by atoms with Gasteiger partial charge in [0.2, 0.25) is 0 Å². The highest BCUT2D eigenvalue weighted by Crippen LogP contribution is 1.89. The van der Waals surface area contributed by atoms with Crippen LogP contribution in [0.3, 0.4) is 0 Å². The van der Waals surface area contributed by atoms with E-state index < -0.39 is 0 Å². The minimum absolute atomic E-state index is 0.427. The molecule has 3 nitrogen and oxygen atoms in total. The average molecular weight is 162 g/mol. The van der Waals surface area contributed by atoms with Gasteiger partial charge in [0.25, 0.3) is 0 Å². The van der Waals surface area contributed by atoms with Crippen LogP contribution in [0.15, 0.2) is 0 Å². The zero-order valence-electron chi connectivity index (χ0n) is 8.09. The second-order valence-corrected chi connectivity index (χ2v) is 3.53. The molecule has 0 aliphatic heterocycles. The molecule has 0 atom stereocenters. The van der Waals surface area contributed by atoms with Gasteiger partial charge < -0.3 is 14.0 Å². The fourth-order valence-corrected chi connectivity index (χ4v) is 0.540. The van der Waals surface area contributed by atoms with Gasteiger partial charge in [0.1, 0.15) is 13.3 Å².